The zero-order chi connectivity index (χ0) is 10.8. The summed E-state index contributed by atoms with van der Waals surface area (Å²) in [5.41, 5.74) is 0.783. The Morgan fingerprint density at radius 1 is 1.29 bits per heavy atom. The molecule has 0 amide bonds. The predicted octanol–water partition coefficient (Wildman–Crippen LogP) is 2.31. The molecule has 3 heteroatoms. The van der Waals surface area contributed by atoms with E-state index >= 15 is 0 Å². The minimum absolute atomic E-state index is 0.203. The number of ether oxygens (including phenoxy) is 2. The van der Waals surface area contributed by atoms with E-state index in [1.165, 1.54) is 0 Å². The molecule has 82 valence electrons. The van der Waals surface area contributed by atoms with Gasteiger partial charge in [-0.3, -0.25) is 0 Å². The van der Waals surface area contributed by atoms with Crippen molar-refractivity contribution in [3.63, 3.8) is 0 Å². The summed E-state index contributed by atoms with van der Waals surface area (Å²) in [6, 6.07) is 0. The molecule has 0 radical (unpaired) electrons. The van der Waals surface area contributed by atoms with E-state index in [9.17, 15) is 4.79 Å². The highest BCUT2D eigenvalue weighted by Crippen LogP contribution is 2.08. The minimum Gasteiger partial charge on any atom is -0.460 e. The second-order valence-corrected chi connectivity index (χ2v) is 3.02. The summed E-state index contributed by atoms with van der Waals surface area (Å²) in [7, 11) is 1.59. The van der Waals surface area contributed by atoms with Crippen LogP contribution >= 0.6 is 0 Å². The van der Waals surface area contributed by atoms with Gasteiger partial charge in [0.15, 0.2) is 0 Å². The molecule has 0 aliphatic rings. The lowest BCUT2D eigenvalue weighted by Crippen LogP contribution is -2.12. The fourth-order valence-electron chi connectivity index (χ4n) is 1.11. The Balaban J connectivity index is 3.96. The van der Waals surface area contributed by atoms with Crippen LogP contribution in [-0.4, -0.2) is 26.3 Å². The van der Waals surface area contributed by atoms with Crippen molar-refractivity contribution >= 4 is 5.97 Å². The summed E-state index contributed by atoms with van der Waals surface area (Å²) in [4.78, 5) is 11.5. The van der Waals surface area contributed by atoms with Crippen molar-refractivity contribution in [2.24, 2.45) is 0 Å². The van der Waals surface area contributed by atoms with Gasteiger partial charge in [-0.2, -0.15) is 0 Å². The van der Waals surface area contributed by atoms with Gasteiger partial charge in [-0.1, -0.05) is 26.3 Å². The highest BCUT2D eigenvalue weighted by atomic mass is 16.6. The van der Waals surface area contributed by atoms with Crippen LogP contribution in [0.5, 0.6) is 0 Å². The van der Waals surface area contributed by atoms with Gasteiger partial charge in [-0.05, 0) is 12.8 Å². The van der Waals surface area contributed by atoms with Gasteiger partial charge < -0.3 is 9.47 Å². The molecule has 0 saturated carbocycles. The third-order valence-electron chi connectivity index (χ3n) is 1.75. The average molecular weight is 200 g/mol. The first kappa shape index (κ1) is 13.2. The molecule has 14 heavy (non-hydrogen) atoms. The zero-order valence-corrected chi connectivity index (χ0v) is 9.34. The Morgan fingerprint density at radius 3 is 2.50 bits per heavy atom. The van der Waals surface area contributed by atoms with Gasteiger partial charge in [0.1, 0.15) is 6.61 Å². The van der Waals surface area contributed by atoms with Crippen molar-refractivity contribution in [2.75, 3.05) is 20.3 Å². The summed E-state index contributed by atoms with van der Waals surface area (Å²) in [5, 5.41) is 0. The molecule has 0 aliphatic carbocycles. The Labute approximate surface area is 86.1 Å². The summed E-state index contributed by atoms with van der Waals surface area (Å²) < 4.78 is 9.81. The topological polar surface area (TPSA) is 35.5 Å². The van der Waals surface area contributed by atoms with Crippen LogP contribution in [0.2, 0.25) is 0 Å². The average Bonchev–Trinajstić information content (AvgIpc) is 2.18. The standard InChI is InChI=1S/C11H20O3/c1-4-6-10(7-5-2)11(12)14-9-8-13-3/h6H,4-5,7-9H2,1-3H3/b10-6+. The van der Waals surface area contributed by atoms with E-state index in [1.54, 1.807) is 7.11 Å². The van der Waals surface area contributed by atoms with E-state index < -0.39 is 0 Å². The predicted molar refractivity (Wildman–Crippen MR) is 56.1 cm³/mol. The van der Waals surface area contributed by atoms with E-state index in [2.05, 4.69) is 0 Å². The Bertz CT molecular complexity index is 185. The molecule has 0 aromatic rings. The SMILES string of the molecule is CC/C=C(\CCC)C(=O)OCCOC. The van der Waals surface area contributed by atoms with Crippen LogP contribution in [-0.2, 0) is 14.3 Å². The fraction of sp³-hybridized carbons (Fsp3) is 0.727. The van der Waals surface area contributed by atoms with Crippen molar-refractivity contribution in [3.05, 3.63) is 11.6 Å². The summed E-state index contributed by atoms with van der Waals surface area (Å²) in [5.74, 6) is -0.203. The lowest BCUT2D eigenvalue weighted by molar-refractivity contribution is -0.140. The molecule has 0 aromatic heterocycles. The van der Waals surface area contributed by atoms with Crippen LogP contribution < -0.4 is 0 Å². The smallest absolute Gasteiger partial charge is 0.333 e. The Hall–Kier alpha value is -0.830. The van der Waals surface area contributed by atoms with Gasteiger partial charge in [0.25, 0.3) is 0 Å². The van der Waals surface area contributed by atoms with Crippen LogP contribution in [0.3, 0.4) is 0 Å². The lowest BCUT2D eigenvalue weighted by Gasteiger charge is -2.06. The van der Waals surface area contributed by atoms with E-state index in [1.807, 2.05) is 19.9 Å². The van der Waals surface area contributed by atoms with Crippen molar-refractivity contribution in [3.8, 4) is 0 Å². The zero-order valence-electron chi connectivity index (χ0n) is 9.34. The summed E-state index contributed by atoms with van der Waals surface area (Å²) in [6.45, 7) is 4.85. The van der Waals surface area contributed by atoms with E-state index in [4.69, 9.17) is 9.47 Å². The summed E-state index contributed by atoms with van der Waals surface area (Å²) in [6.07, 6.45) is 4.55. The normalized spacial score (nSPS) is 11.5. The molecule has 0 rings (SSSR count). The largest absolute Gasteiger partial charge is 0.460 e. The van der Waals surface area contributed by atoms with Crippen LogP contribution in [0.4, 0.5) is 0 Å². The second kappa shape index (κ2) is 8.75. The lowest BCUT2D eigenvalue weighted by atomic mass is 10.1. The monoisotopic (exact) mass is 200 g/mol. The molecule has 0 atom stereocenters. The molecule has 0 heterocycles. The number of methoxy groups -OCH3 is 1. The van der Waals surface area contributed by atoms with Gasteiger partial charge in [-0.25, -0.2) is 4.79 Å². The second-order valence-electron chi connectivity index (χ2n) is 3.02. The molecule has 0 N–H and O–H groups in total. The maximum atomic E-state index is 11.5. The third-order valence-corrected chi connectivity index (χ3v) is 1.75. The highest BCUT2D eigenvalue weighted by Gasteiger charge is 2.08. The van der Waals surface area contributed by atoms with Gasteiger partial charge >= 0.3 is 5.97 Å². The fourth-order valence-corrected chi connectivity index (χ4v) is 1.11. The molecule has 3 nitrogen and oxygen atoms in total. The number of hydrogen-bond acceptors (Lipinski definition) is 3. The number of rotatable bonds is 7. The van der Waals surface area contributed by atoms with Crippen molar-refractivity contribution in [1.82, 2.24) is 0 Å². The molecule has 0 bridgehead atoms. The molecule has 0 aliphatic heterocycles. The first-order valence-corrected chi connectivity index (χ1v) is 5.11. The van der Waals surface area contributed by atoms with Crippen LogP contribution in [0, 0.1) is 0 Å². The van der Waals surface area contributed by atoms with Crippen LogP contribution in [0.25, 0.3) is 0 Å². The maximum Gasteiger partial charge on any atom is 0.333 e. The van der Waals surface area contributed by atoms with Gasteiger partial charge in [0.05, 0.1) is 6.61 Å². The molecule has 0 aromatic carbocycles. The Morgan fingerprint density at radius 2 is 2.00 bits per heavy atom. The van der Waals surface area contributed by atoms with Crippen molar-refractivity contribution in [1.29, 1.82) is 0 Å². The van der Waals surface area contributed by atoms with Gasteiger partial charge in [-0.15, -0.1) is 0 Å². The first-order chi connectivity index (χ1) is 6.76. The molecular formula is C11H20O3. The molecule has 0 spiro atoms. The minimum atomic E-state index is -0.203. The highest BCUT2D eigenvalue weighted by molar-refractivity contribution is 5.88. The van der Waals surface area contributed by atoms with Gasteiger partial charge in [0, 0.05) is 12.7 Å². The molecule has 0 saturated heterocycles. The van der Waals surface area contributed by atoms with Crippen LogP contribution in [0.1, 0.15) is 33.1 Å². The Kier molecular flexibility index (Phi) is 8.24. The number of esters is 1. The van der Waals surface area contributed by atoms with E-state index in [-0.39, 0.29) is 5.97 Å². The quantitative estimate of drug-likeness (QED) is 0.359. The number of carbonyl (C=O) groups is 1. The number of carbonyl (C=O) groups excluding carboxylic acids is 1. The molecule has 0 unspecified atom stereocenters. The maximum absolute atomic E-state index is 11.5. The number of hydrogen-bond donors (Lipinski definition) is 0. The van der Waals surface area contributed by atoms with Crippen LogP contribution in [0.15, 0.2) is 11.6 Å². The van der Waals surface area contributed by atoms with Gasteiger partial charge in [0.2, 0.25) is 0 Å². The van der Waals surface area contributed by atoms with E-state index in [0.717, 1.165) is 24.8 Å². The third kappa shape index (κ3) is 5.75. The molecular weight excluding hydrogens is 180 g/mol. The van der Waals surface area contributed by atoms with E-state index in [0.29, 0.717) is 13.2 Å². The van der Waals surface area contributed by atoms with Crippen molar-refractivity contribution < 1.29 is 14.3 Å². The first-order valence-electron chi connectivity index (χ1n) is 5.11. The number of allylic oxidation sites excluding steroid dienone is 1. The molecule has 0 fully saturated rings. The van der Waals surface area contributed by atoms with Crippen molar-refractivity contribution in [2.45, 2.75) is 33.1 Å². The summed E-state index contributed by atoms with van der Waals surface area (Å²) >= 11 is 0.